The minimum absolute atomic E-state index is 0.0411. The molecule has 0 aromatic rings. The molecule has 7 nitrogen and oxygen atoms in total. The Balaban J connectivity index is 1.83. The Bertz CT molecular complexity index is 463. The normalized spacial score (nSPS) is 22.3. The van der Waals surface area contributed by atoms with Gasteiger partial charge in [0.1, 0.15) is 0 Å². The van der Waals surface area contributed by atoms with Crippen molar-refractivity contribution in [3.05, 3.63) is 0 Å². The lowest BCUT2D eigenvalue weighted by Gasteiger charge is -2.34. The maximum absolute atomic E-state index is 12.5. The molecule has 2 aliphatic heterocycles. The zero-order chi connectivity index (χ0) is 17.5. The molecule has 2 atom stereocenters. The lowest BCUT2D eigenvalue weighted by Crippen LogP contribution is -2.50. The number of likely N-dealkylation sites (tertiary alicyclic amines) is 2. The van der Waals surface area contributed by atoms with Gasteiger partial charge in [-0.2, -0.15) is 0 Å². The highest BCUT2D eigenvalue weighted by Gasteiger charge is 2.31. The molecule has 136 valence electrons. The van der Waals surface area contributed by atoms with Gasteiger partial charge in [-0.05, 0) is 32.1 Å². The third-order valence-electron chi connectivity index (χ3n) is 4.95. The predicted molar refractivity (Wildman–Crippen MR) is 89.5 cm³/mol. The number of carboxylic acids is 1. The van der Waals surface area contributed by atoms with Gasteiger partial charge in [-0.25, -0.2) is 4.79 Å². The Morgan fingerprint density at radius 3 is 2.42 bits per heavy atom. The van der Waals surface area contributed by atoms with Gasteiger partial charge in [-0.1, -0.05) is 13.3 Å². The third kappa shape index (κ3) is 4.85. The number of nitrogens with one attached hydrogen (secondary N) is 1. The summed E-state index contributed by atoms with van der Waals surface area (Å²) in [4.78, 5) is 39.6. The standard InChI is InChI=1S/C17H29N3O4/c1-2-6-13(16(22)23)11-18-15(21)14-7-5-10-20(12-14)17(24)19-8-3-4-9-19/h13-14H,2-12H2,1H3,(H,18,21)(H,22,23). The van der Waals surface area contributed by atoms with Gasteiger partial charge in [-0.3, -0.25) is 9.59 Å². The van der Waals surface area contributed by atoms with Crippen LogP contribution in [0.2, 0.25) is 0 Å². The molecule has 0 aliphatic carbocycles. The zero-order valence-electron chi connectivity index (χ0n) is 14.5. The first kappa shape index (κ1) is 18.5. The smallest absolute Gasteiger partial charge is 0.320 e. The van der Waals surface area contributed by atoms with Crippen molar-refractivity contribution in [3.8, 4) is 0 Å². The summed E-state index contributed by atoms with van der Waals surface area (Å²) in [6.07, 6.45) is 5.00. The first-order chi connectivity index (χ1) is 11.5. The summed E-state index contributed by atoms with van der Waals surface area (Å²) in [6.45, 7) is 4.85. The summed E-state index contributed by atoms with van der Waals surface area (Å²) < 4.78 is 0. The zero-order valence-corrected chi connectivity index (χ0v) is 14.5. The van der Waals surface area contributed by atoms with Crippen molar-refractivity contribution in [2.75, 3.05) is 32.7 Å². The maximum Gasteiger partial charge on any atom is 0.320 e. The molecule has 0 aromatic heterocycles. The van der Waals surface area contributed by atoms with E-state index in [1.807, 2.05) is 11.8 Å². The molecule has 0 bridgehead atoms. The number of aliphatic carboxylic acids is 1. The molecule has 0 saturated carbocycles. The van der Waals surface area contributed by atoms with Gasteiger partial charge >= 0.3 is 12.0 Å². The first-order valence-corrected chi connectivity index (χ1v) is 9.07. The monoisotopic (exact) mass is 339 g/mol. The fourth-order valence-corrected chi connectivity index (χ4v) is 3.50. The van der Waals surface area contributed by atoms with Crippen LogP contribution in [0.4, 0.5) is 4.79 Å². The van der Waals surface area contributed by atoms with Crippen molar-refractivity contribution >= 4 is 17.9 Å². The molecule has 0 spiro atoms. The van der Waals surface area contributed by atoms with Crippen molar-refractivity contribution in [2.45, 2.75) is 45.4 Å². The molecule has 0 aromatic carbocycles. The van der Waals surface area contributed by atoms with Gasteiger partial charge in [-0.15, -0.1) is 0 Å². The molecule has 2 heterocycles. The first-order valence-electron chi connectivity index (χ1n) is 9.07. The summed E-state index contributed by atoms with van der Waals surface area (Å²) in [5, 5.41) is 11.9. The largest absolute Gasteiger partial charge is 0.481 e. The molecule has 3 amide bonds. The molecular weight excluding hydrogens is 310 g/mol. The number of hydrogen-bond acceptors (Lipinski definition) is 3. The van der Waals surface area contributed by atoms with Crippen molar-refractivity contribution < 1.29 is 19.5 Å². The highest BCUT2D eigenvalue weighted by Crippen LogP contribution is 2.20. The number of carbonyl (C=O) groups is 3. The molecule has 2 rings (SSSR count). The summed E-state index contributed by atoms with van der Waals surface area (Å²) in [5.74, 6) is -1.77. The summed E-state index contributed by atoms with van der Waals surface area (Å²) in [7, 11) is 0. The van der Waals surface area contributed by atoms with E-state index >= 15 is 0 Å². The summed E-state index contributed by atoms with van der Waals surface area (Å²) >= 11 is 0. The number of piperidine rings is 1. The van der Waals surface area contributed by atoms with E-state index in [0.29, 0.717) is 19.5 Å². The Labute approximate surface area is 143 Å². The second kappa shape index (κ2) is 8.89. The molecule has 24 heavy (non-hydrogen) atoms. The molecule has 2 aliphatic rings. The van der Waals surface area contributed by atoms with Crippen LogP contribution in [-0.4, -0.2) is 65.5 Å². The number of hydrogen-bond donors (Lipinski definition) is 2. The van der Waals surface area contributed by atoms with Gasteiger partial charge in [0.05, 0.1) is 11.8 Å². The lowest BCUT2D eigenvalue weighted by atomic mass is 9.96. The van der Waals surface area contributed by atoms with E-state index in [9.17, 15) is 14.4 Å². The van der Waals surface area contributed by atoms with Gasteiger partial charge in [0.15, 0.2) is 0 Å². The van der Waals surface area contributed by atoms with E-state index in [2.05, 4.69) is 5.32 Å². The van der Waals surface area contributed by atoms with E-state index in [0.717, 1.165) is 45.2 Å². The van der Waals surface area contributed by atoms with Crippen LogP contribution in [0.1, 0.15) is 45.4 Å². The summed E-state index contributed by atoms with van der Waals surface area (Å²) in [5.41, 5.74) is 0. The average molecular weight is 339 g/mol. The van der Waals surface area contributed by atoms with Crippen LogP contribution >= 0.6 is 0 Å². The van der Waals surface area contributed by atoms with Crippen LogP contribution in [0, 0.1) is 11.8 Å². The van der Waals surface area contributed by atoms with Crippen molar-refractivity contribution in [3.63, 3.8) is 0 Å². The van der Waals surface area contributed by atoms with E-state index in [1.54, 1.807) is 4.90 Å². The van der Waals surface area contributed by atoms with Crippen LogP contribution in [0.3, 0.4) is 0 Å². The van der Waals surface area contributed by atoms with Crippen molar-refractivity contribution in [1.29, 1.82) is 0 Å². The predicted octanol–water partition coefficient (Wildman–Crippen LogP) is 1.53. The highest BCUT2D eigenvalue weighted by atomic mass is 16.4. The van der Waals surface area contributed by atoms with Crippen LogP contribution in [-0.2, 0) is 9.59 Å². The lowest BCUT2D eigenvalue weighted by molar-refractivity contribution is -0.142. The third-order valence-corrected chi connectivity index (χ3v) is 4.95. The van der Waals surface area contributed by atoms with Gasteiger partial charge in [0.25, 0.3) is 0 Å². The Hall–Kier alpha value is -1.79. The van der Waals surface area contributed by atoms with E-state index < -0.39 is 11.9 Å². The SMILES string of the molecule is CCCC(CNC(=O)C1CCCN(C(=O)N2CCCC2)C1)C(=O)O. The topological polar surface area (TPSA) is 90.0 Å². The maximum atomic E-state index is 12.5. The van der Waals surface area contributed by atoms with Gasteiger partial charge in [0, 0.05) is 32.7 Å². The second-order valence-corrected chi connectivity index (χ2v) is 6.83. The van der Waals surface area contributed by atoms with Crippen molar-refractivity contribution in [2.24, 2.45) is 11.8 Å². The Kier molecular flexibility index (Phi) is 6.87. The van der Waals surface area contributed by atoms with E-state index in [1.165, 1.54) is 0 Å². The fraction of sp³-hybridized carbons (Fsp3) is 0.824. The van der Waals surface area contributed by atoms with Crippen molar-refractivity contribution in [1.82, 2.24) is 15.1 Å². The number of rotatable bonds is 6. The number of carbonyl (C=O) groups excluding carboxylic acids is 2. The summed E-state index contributed by atoms with van der Waals surface area (Å²) in [6, 6.07) is 0.0411. The molecular formula is C17H29N3O4. The van der Waals surface area contributed by atoms with Crippen LogP contribution < -0.4 is 5.32 Å². The molecule has 2 N–H and O–H groups in total. The van der Waals surface area contributed by atoms with Gasteiger partial charge in [0.2, 0.25) is 5.91 Å². The molecule has 2 saturated heterocycles. The molecule has 2 unspecified atom stereocenters. The van der Waals surface area contributed by atoms with Crippen LogP contribution in [0.25, 0.3) is 0 Å². The Morgan fingerprint density at radius 2 is 1.79 bits per heavy atom. The number of nitrogens with zero attached hydrogens (tertiary/aromatic N) is 2. The fourth-order valence-electron chi connectivity index (χ4n) is 3.50. The van der Waals surface area contributed by atoms with E-state index in [-0.39, 0.29) is 24.4 Å². The Morgan fingerprint density at radius 1 is 1.12 bits per heavy atom. The minimum atomic E-state index is -0.869. The molecule has 2 fully saturated rings. The number of carboxylic acid groups (broad SMARTS) is 1. The van der Waals surface area contributed by atoms with Crippen LogP contribution in [0.15, 0.2) is 0 Å². The van der Waals surface area contributed by atoms with Crippen LogP contribution in [0.5, 0.6) is 0 Å². The number of amides is 3. The minimum Gasteiger partial charge on any atom is -0.481 e. The van der Waals surface area contributed by atoms with E-state index in [4.69, 9.17) is 5.11 Å². The average Bonchev–Trinajstić information content (AvgIpc) is 3.12. The number of urea groups is 1. The molecule has 7 heteroatoms. The highest BCUT2D eigenvalue weighted by molar-refractivity contribution is 5.81. The second-order valence-electron chi connectivity index (χ2n) is 6.83. The quantitative estimate of drug-likeness (QED) is 0.768. The molecule has 0 radical (unpaired) electrons. The van der Waals surface area contributed by atoms with Gasteiger partial charge < -0.3 is 20.2 Å².